The first kappa shape index (κ1) is 21.5. The highest BCUT2D eigenvalue weighted by Gasteiger charge is 2.18. The summed E-state index contributed by atoms with van der Waals surface area (Å²) in [6.45, 7) is 7.93. The van der Waals surface area contributed by atoms with Crippen LogP contribution in [0.4, 0.5) is 5.69 Å². The number of halogens is 1. The molecule has 6 heteroatoms. The maximum atomic E-state index is 13.2. The van der Waals surface area contributed by atoms with E-state index >= 15 is 0 Å². The molecule has 1 amide bonds. The van der Waals surface area contributed by atoms with Gasteiger partial charge >= 0.3 is 0 Å². The number of rotatable bonds is 7. The highest BCUT2D eigenvalue weighted by Crippen LogP contribution is 2.34. The van der Waals surface area contributed by atoms with Crippen molar-refractivity contribution in [3.05, 3.63) is 46.5 Å². The van der Waals surface area contributed by atoms with Crippen LogP contribution >= 0.6 is 11.6 Å². The zero-order valence-electron chi connectivity index (χ0n) is 16.4. The Bertz CT molecular complexity index is 841. The van der Waals surface area contributed by atoms with Crippen molar-refractivity contribution in [2.24, 2.45) is 0 Å². The number of hydrogen-bond donors (Lipinski definition) is 1. The van der Waals surface area contributed by atoms with E-state index in [9.17, 15) is 9.00 Å². The van der Waals surface area contributed by atoms with Crippen LogP contribution in [0.25, 0.3) is 0 Å². The Morgan fingerprint density at radius 2 is 1.96 bits per heavy atom. The summed E-state index contributed by atoms with van der Waals surface area (Å²) in [6.07, 6.45) is 1.23. The lowest BCUT2D eigenvalue weighted by Crippen LogP contribution is -2.11. The first-order valence-electron chi connectivity index (χ1n) is 8.98. The molecular weight excluding hydrogens is 382 g/mol. The standard InChI is InChI=1S/C21H26ClNO3S/c1-6-7-20(24)23-15-10-14(4)21(18(22)11-15)27(25)16-8-9-19(26-5)17(12-16)13(2)3/h8-13H,6-7H2,1-5H3,(H,23,24). The first-order valence-corrected chi connectivity index (χ1v) is 10.5. The van der Waals surface area contributed by atoms with Gasteiger partial charge in [0.2, 0.25) is 5.91 Å². The quantitative estimate of drug-likeness (QED) is 0.641. The van der Waals surface area contributed by atoms with Crippen LogP contribution in [0.2, 0.25) is 5.02 Å². The minimum atomic E-state index is -1.43. The van der Waals surface area contributed by atoms with Gasteiger partial charge in [-0.15, -0.1) is 0 Å². The summed E-state index contributed by atoms with van der Waals surface area (Å²) in [6, 6.07) is 9.01. The molecule has 0 saturated carbocycles. The molecule has 146 valence electrons. The van der Waals surface area contributed by atoms with Crippen LogP contribution in [-0.2, 0) is 15.6 Å². The van der Waals surface area contributed by atoms with E-state index in [0.29, 0.717) is 26.9 Å². The van der Waals surface area contributed by atoms with Crippen LogP contribution in [0, 0.1) is 6.92 Å². The van der Waals surface area contributed by atoms with Gasteiger partial charge in [0.1, 0.15) is 5.75 Å². The Labute approximate surface area is 168 Å². The predicted molar refractivity (Wildman–Crippen MR) is 111 cm³/mol. The molecule has 27 heavy (non-hydrogen) atoms. The molecule has 0 fully saturated rings. The second-order valence-electron chi connectivity index (χ2n) is 6.73. The molecule has 1 N–H and O–H groups in total. The molecule has 2 aromatic rings. The fourth-order valence-electron chi connectivity index (χ4n) is 2.89. The van der Waals surface area contributed by atoms with Gasteiger partial charge in [-0.05, 0) is 60.7 Å². The molecule has 0 radical (unpaired) electrons. The summed E-state index contributed by atoms with van der Waals surface area (Å²) in [7, 11) is 0.198. The van der Waals surface area contributed by atoms with E-state index in [1.807, 2.05) is 26.0 Å². The zero-order valence-corrected chi connectivity index (χ0v) is 18.0. The molecule has 1 unspecified atom stereocenters. The van der Waals surface area contributed by atoms with Gasteiger partial charge in [-0.25, -0.2) is 4.21 Å². The molecule has 0 heterocycles. The maximum Gasteiger partial charge on any atom is 0.224 e. The van der Waals surface area contributed by atoms with Crippen molar-refractivity contribution >= 4 is 34.0 Å². The van der Waals surface area contributed by atoms with Gasteiger partial charge in [0.15, 0.2) is 0 Å². The van der Waals surface area contributed by atoms with E-state index in [2.05, 4.69) is 19.2 Å². The van der Waals surface area contributed by atoms with Crippen LogP contribution < -0.4 is 10.1 Å². The highest BCUT2D eigenvalue weighted by atomic mass is 35.5. The average Bonchev–Trinajstić information content (AvgIpc) is 2.60. The van der Waals surface area contributed by atoms with Gasteiger partial charge in [-0.3, -0.25) is 4.79 Å². The number of ether oxygens (including phenoxy) is 1. The van der Waals surface area contributed by atoms with Crippen molar-refractivity contribution in [1.82, 2.24) is 0 Å². The third-order valence-electron chi connectivity index (χ3n) is 4.21. The monoisotopic (exact) mass is 407 g/mol. The van der Waals surface area contributed by atoms with Gasteiger partial charge in [0.05, 0.1) is 27.8 Å². The van der Waals surface area contributed by atoms with Crippen LogP contribution in [0.1, 0.15) is 50.7 Å². The number of amides is 1. The second kappa shape index (κ2) is 9.38. The van der Waals surface area contributed by atoms with Crippen LogP contribution in [0.15, 0.2) is 40.1 Å². The summed E-state index contributed by atoms with van der Waals surface area (Å²) >= 11 is 6.43. The molecule has 2 aromatic carbocycles. The van der Waals surface area contributed by atoms with Gasteiger partial charge in [-0.1, -0.05) is 32.4 Å². The average molecular weight is 408 g/mol. The topological polar surface area (TPSA) is 55.4 Å². The lowest BCUT2D eigenvalue weighted by Gasteiger charge is -2.15. The molecule has 0 aliphatic rings. The Hall–Kier alpha value is -1.85. The summed E-state index contributed by atoms with van der Waals surface area (Å²) in [5.41, 5.74) is 2.39. The van der Waals surface area contributed by atoms with Crippen LogP contribution in [-0.4, -0.2) is 17.2 Å². The maximum absolute atomic E-state index is 13.2. The van der Waals surface area contributed by atoms with Crippen molar-refractivity contribution in [2.75, 3.05) is 12.4 Å². The first-order chi connectivity index (χ1) is 12.8. The van der Waals surface area contributed by atoms with E-state index < -0.39 is 10.8 Å². The second-order valence-corrected chi connectivity index (χ2v) is 8.55. The van der Waals surface area contributed by atoms with Crippen molar-refractivity contribution < 1.29 is 13.7 Å². The molecule has 0 bridgehead atoms. The highest BCUT2D eigenvalue weighted by molar-refractivity contribution is 7.85. The van der Waals surface area contributed by atoms with Crippen molar-refractivity contribution in [2.45, 2.75) is 56.2 Å². The fourth-order valence-corrected chi connectivity index (χ4v) is 4.61. The van der Waals surface area contributed by atoms with Crippen molar-refractivity contribution in [3.63, 3.8) is 0 Å². The minimum Gasteiger partial charge on any atom is -0.496 e. The number of nitrogens with one attached hydrogen (secondary N) is 1. The van der Waals surface area contributed by atoms with E-state index in [0.717, 1.165) is 23.3 Å². The molecule has 4 nitrogen and oxygen atoms in total. The van der Waals surface area contributed by atoms with Gasteiger partial charge in [0.25, 0.3) is 0 Å². The Kier molecular flexibility index (Phi) is 7.45. The number of carbonyl (C=O) groups is 1. The summed E-state index contributed by atoms with van der Waals surface area (Å²) in [4.78, 5) is 13.0. The SMILES string of the molecule is CCCC(=O)Nc1cc(C)c(S(=O)c2ccc(OC)c(C(C)C)c2)c(Cl)c1. The van der Waals surface area contributed by atoms with E-state index in [1.165, 1.54) is 0 Å². The van der Waals surface area contributed by atoms with Gasteiger partial charge in [-0.2, -0.15) is 0 Å². The third-order valence-corrected chi connectivity index (χ3v) is 6.22. The molecule has 0 aliphatic carbocycles. The normalized spacial score (nSPS) is 12.1. The molecule has 0 saturated heterocycles. The Morgan fingerprint density at radius 3 is 2.52 bits per heavy atom. The lowest BCUT2D eigenvalue weighted by atomic mass is 10.0. The van der Waals surface area contributed by atoms with Crippen LogP contribution in [0.3, 0.4) is 0 Å². The van der Waals surface area contributed by atoms with Crippen molar-refractivity contribution in [3.8, 4) is 5.75 Å². The zero-order chi connectivity index (χ0) is 20.1. The van der Waals surface area contributed by atoms with Crippen LogP contribution in [0.5, 0.6) is 5.75 Å². The summed E-state index contributed by atoms with van der Waals surface area (Å²) < 4.78 is 18.6. The number of aryl methyl sites for hydroxylation is 1. The molecule has 0 spiro atoms. The number of carbonyl (C=O) groups excluding carboxylic acids is 1. The van der Waals surface area contributed by atoms with E-state index in [1.54, 1.807) is 25.3 Å². The van der Waals surface area contributed by atoms with E-state index in [-0.39, 0.29) is 11.8 Å². The Morgan fingerprint density at radius 1 is 1.26 bits per heavy atom. The summed E-state index contributed by atoms with van der Waals surface area (Å²) in [5.74, 6) is 0.964. The molecular formula is C21H26ClNO3S. The molecule has 0 aliphatic heterocycles. The fraction of sp³-hybridized carbons (Fsp3) is 0.381. The number of anilines is 1. The summed E-state index contributed by atoms with van der Waals surface area (Å²) in [5, 5.41) is 3.21. The molecule has 0 aromatic heterocycles. The number of benzene rings is 2. The molecule has 1 atom stereocenters. The molecule has 2 rings (SSSR count). The van der Waals surface area contributed by atoms with Crippen molar-refractivity contribution in [1.29, 1.82) is 0 Å². The smallest absolute Gasteiger partial charge is 0.224 e. The largest absolute Gasteiger partial charge is 0.496 e. The van der Waals surface area contributed by atoms with E-state index in [4.69, 9.17) is 16.3 Å². The number of methoxy groups -OCH3 is 1. The minimum absolute atomic E-state index is 0.0569. The number of hydrogen-bond acceptors (Lipinski definition) is 3. The predicted octanol–water partition coefficient (Wildman–Crippen LogP) is 5.69. The van der Waals surface area contributed by atoms with Gasteiger partial charge in [0, 0.05) is 17.0 Å². The third kappa shape index (κ3) is 5.11. The Balaban J connectivity index is 2.39. The van der Waals surface area contributed by atoms with Gasteiger partial charge < -0.3 is 10.1 Å². The lowest BCUT2D eigenvalue weighted by molar-refractivity contribution is -0.116.